The van der Waals surface area contributed by atoms with Gasteiger partial charge in [-0.2, -0.15) is 0 Å². The zero-order chi connectivity index (χ0) is 34.1. The zero-order valence-corrected chi connectivity index (χ0v) is 29.0. The molecule has 0 bridgehead atoms. The Kier molecular flexibility index (Phi) is 22.4. The molecule has 0 heterocycles. The quantitative estimate of drug-likeness (QED) is 0.0507. The highest BCUT2D eigenvalue weighted by atomic mass is 16.6. The lowest BCUT2D eigenvalue weighted by atomic mass is 9.58. The summed E-state index contributed by atoms with van der Waals surface area (Å²) >= 11 is 0. The maximum atomic E-state index is 11.5. The van der Waals surface area contributed by atoms with Crippen molar-refractivity contribution in [3.8, 4) is 5.75 Å². The molecule has 0 aliphatic heterocycles. The first-order chi connectivity index (χ1) is 21.9. The molecule has 0 aromatic heterocycles. The predicted molar refractivity (Wildman–Crippen MR) is 190 cm³/mol. The van der Waals surface area contributed by atoms with E-state index in [9.17, 15) is 9.59 Å². The lowest BCUT2D eigenvalue weighted by Crippen LogP contribution is -2.38. The topological polar surface area (TPSA) is 61.8 Å². The van der Waals surface area contributed by atoms with E-state index in [1.807, 2.05) is 52.8 Å². The molecule has 1 aliphatic rings. The molecular weight excluding hydrogens is 560 g/mol. The number of ether oxygens (including phenoxy) is 3. The van der Waals surface area contributed by atoms with E-state index in [0.717, 1.165) is 48.7 Å². The van der Waals surface area contributed by atoms with Gasteiger partial charge < -0.3 is 14.2 Å². The highest BCUT2D eigenvalue weighted by Crippen LogP contribution is 2.50. The second-order valence-electron chi connectivity index (χ2n) is 9.93. The Morgan fingerprint density at radius 2 is 1.62 bits per heavy atom. The molecule has 0 spiro atoms. The van der Waals surface area contributed by atoms with Crippen LogP contribution in [0.3, 0.4) is 0 Å². The molecule has 2 unspecified atom stereocenters. The van der Waals surface area contributed by atoms with Gasteiger partial charge in [-0.1, -0.05) is 103 Å². The average molecular weight is 619 g/mol. The Labute approximate surface area is 274 Å². The average Bonchev–Trinajstić information content (AvgIpc) is 3.09. The highest BCUT2D eigenvalue weighted by Gasteiger charge is 2.43. The van der Waals surface area contributed by atoms with Crippen LogP contribution in [0.15, 0.2) is 110 Å². The molecule has 0 saturated carbocycles. The summed E-state index contributed by atoms with van der Waals surface area (Å²) in [7, 11) is 0. The van der Waals surface area contributed by atoms with Gasteiger partial charge in [0.05, 0.1) is 6.61 Å². The van der Waals surface area contributed by atoms with Crippen molar-refractivity contribution < 1.29 is 23.8 Å². The second kappa shape index (κ2) is 24.5. The number of allylic oxidation sites excluding steroid dienone is 9. The number of rotatable bonds is 19. The molecule has 0 amide bonds. The van der Waals surface area contributed by atoms with E-state index in [4.69, 9.17) is 14.2 Å². The first-order valence-corrected chi connectivity index (χ1v) is 16.5. The highest BCUT2D eigenvalue weighted by molar-refractivity contribution is 5.88. The fourth-order valence-electron chi connectivity index (χ4n) is 5.28. The van der Waals surface area contributed by atoms with E-state index in [2.05, 4.69) is 76.1 Å². The summed E-state index contributed by atoms with van der Waals surface area (Å²) in [5.41, 5.74) is 3.06. The van der Waals surface area contributed by atoms with Crippen molar-refractivity contribution in [3.63, 3.8) is 0 Å². The molecule has 2 rings (SSSR count). The number of esters is 1. The fourth-order valence-corrected chi connectivity index (χ4v) is 5.28. The Bertz CT molecular complexity index is 1170. The molecule has 5 nitrogen and oxygen atoms in total. The van der Waals surface area contributed by atoms with Gasteiger partial charge in [0.1, 0.15) is 24.7 Å². The van der Waals surface area contributed by atoms with Crippen molar-refractivity contribution in [2.45, 2.75) is 92.4 Å². The van der Waals surface area contributed by atoms with Gasteiger partial charge in [0.25, 0.3) is 0 Å². The molecule has 2 atom stereocenters. The minimum atomic E-state index is -0.465. The third-order valence-corrected chi connectivity index (χ3v) is 7.29. The third kappa shape index (κ3) is 13.0. The van der Waals surface area contributed by atoms with E-state index in [0.29, 0.717) is 25.2 Å². The number of hydrogen-bond acceptors (Lipinski definition) is 5. The number of hydrogen-bond donors (Lipinski definition) is 0. The van der Waals surface area contributed by atoms with Gasteiger partial charge >= 0.3 is 5.97 Å². The number of unbranched alkanes of at least 4 members (excludes halogenated alkanes) is 1. The van der Waals surface area contributed by atoms with Gasteiger partial charge in [-0.05, 0) is 86.9 Å². The van der Waals surface area contributed by atoms with Crippen LogP contribution in [0.1, 0.15) is 92.6 Å². The van der Waals surface area contributed by atoms with Crippen molar-refractivity contribution in [2.75, 3.05) is 19.8 Å². The SMILES string of the molecule is C=CC(=O)CCCOC1=CCC(C(C(=C)/C=C\C)(/C(=C/C)CCCC)c2ccc(OCCOC(=O)C=C)cc2)C=C1.CC.CC. The van der Waals surface area contributed by atoms with E-state index in [1.54, 1.807) is 0 Å². The molecule has 1 aromatic rings. The third-order valence-electron chi connectivity index (χ3n) is 7.29. The van der Waals surface area contributed by atoms with Gasteiger partial charge in [-0.3, -0.25) is 4.79 Å². The van der Waals surface area contributed by atoms with Crippen LogP contribution in [0.25, 0.3) is 0 Å². The lowest BCUT2D eigenvalue weighted by molar-refractivity contribution is -0.138. The van der Waals surface area contributed by atoms with E-state index >= 15 is 0 Å². The number of ketones is 1. The predicted octanol–water partition coefficient (Wildman–Crippen LogP) is 10.4. The summed E-state index contributed by atoms with van der Waals surface area (Å²) in [5.74, 6) is 1.22. The summed E-state index contributed by atoms with van der Waals surface area (Å²) in [6, 6.07) is 8.18. The lowest BCUT2D eigenvalue weighted by Gasteiger charge is -2.44. The first kappa shape index (κ1) is 41.1. The summed E-state index contributed by atoms with van der Waals surface area (Å²) < 4.78 is 16.8. The van der Waals surface area contributed by atoms with Crippen molar-refractivity contribution in [1.29, 1.82) is 0 Å². The van der Waals surface area contributed by atoms with Gasteiger partial charge in [0.15, 0.2) is 5.78 Å². The summed E-state index contributed by atoms with van der Waals surface area (Å²) in [4.78, 5) is 22.8. The van der Waals surface area contributed by atoms with Crippen LogP contribution in [0.5, 0.6) is 5.75 Å². The molecular formula is C40H58O5. The maximum Gasteiger partial charge on any atom is 0.330 e. The fraction of sp³-hybridized carbons (Fsp3) is 0.450. The van der Waals surface area contributed by atoms with Gasteiger partial charge in [-0.25, -0.2) is 4.79 Å². The largest absolute Gasteiger partial charge is 0.494 e. The number of benzene rings is 1. The van der Waals surface area contributed by atoms with Crippen LogP contribution in [0.4, 0.5) is 0 Å². The molecule has 0 saturated heterocycles. The second-order valence-corrected chi connectivity index (χ2v) is 9.93. The number of carbonyl (C=O) groups is 2. The zero-order valence-electron chi connectivity index (χ0n) is 29.0. The summed E-state index contributed by atoms with van der Waals surface area (Å²) in [6.45, 7) is 26.8. The van der Waals surface area contributed by atoms with Gasteiger partial charge in [0.2, 0.25) is 0 Å². The molecule has 0 N–H and O–H groups in total. The Hall–Kier alpha value is -3.86. The molecule has 1 aromatic carbocycles. The molecule has 1 aliphatic carbocycles. The summed E-state index contributed by atoms with van der Waals surface area (Å²) in [6.07, 6.45) is 20.4. The smallest absolute Gasteiger partial charge is 0.330 e. The van der Waals surface area contributed by atoms with Gasteiger partial charge in [-0.15, -0.1) is 0 Å². The van der Waals surface area contributed by atoms with Crippen LogP contribution < -0.4 is 4.74 Å². The molecule has 5 heteroatoms. The van der Waals surface area contributed by atoms with Gasteiger partial charge in [0, 0.05) is 17.9 Å². The van der Waals surface area contributed by atoms with E-state index in [-0.39, 0.29) is 24.9 Å². The van der Waals surface area contributed by atoms with Crippen LogP contribution in [-0.4, -0.2) is 31.6 Å². The minimum absolute atomic E-state index is 0.0348. The monoisotopic (exact) mass is 618 g/mol. The van der Waals surface area contributed by atoms with Crippen molar-refractivity contribution in [2.24, 2.45) is 5.92 Å². The molecule has 0 radical (unpaired) electrons. The Balaban J connectivity index is 0.00000464. The summed E-state index contributed by atoms with van der Waals surface area (Å²) in [5, 5.41) is 0. The standard InChI is InChI=1S/C36H46O5.2C2H6/c1-7-12-15-29(9-3)36(28(6)14-8-2,30-17-21-33(22-18-30)39-25-13-16-32(37)10-4)31-19-23-34(24-20-31)40-26-27-41-35(38)11-5;2*1-2/h8-11,14,17,19-24,30H,4-7,12-13,15-16,18,25-27H2,1-3H3;2*1-2H3/b14-8-,29-9+;;. The van der Waals surface area contributed by atoms with Crippen LogP contribution in [-0.2, 0) is 24.5 Å². The van der Waals surface area contributed by atoms with E-state index in [1.165, 1.54) is 11.6 Å². The van der Waals surface area contributed by atoms with Crippen LogP contribution in [0.2, 0.25) is 0 Å². The van der Waals surface area contributed by atoms with Crippen molar-refractivity contribution in [1.82, 2.24) is 0 Å². The van der Waals surface area contributed by atoms with Crippen molar-refractivity contribution in [3.05, 3.63) is 115 Å². The van der Waals surface area contributed by atoms with Crippen molar-refractivity contribution >= 4 is 11.8 Å². The molecule has 248 valence electrons. The van der Waals surface area contributed by atoms with Crippen LogP contribution >= 0.6 is 0 Å². The Morgan fingerprint density at radius 1 is 0.933 bits per heavy atom. The molecule has 45 heavy (non-hydrogen) atoms. The first-order valence-electron chi connectivity index (χ1n) is 16.5. The number of carbonyl (C=O) groups excluding carboxylic acids is 2. The Morgan fingerprint density at radius 3 is 2.16 bits per heavy atom. The van der Waals surface area contributed by atoms with Crippen LogP contribution in [0, 0.1) is 5.92 Å². The van der Waals surface area contributed by atoms with E-state index < -0.39 is 11.4 Å². The minimum Gasteiger partial charge on any atom is -0.494 e. The maximum absolute atomic E-state index is 11.5. The normalized spacial score (nSPS) is 15.2. The molecule has 0 fully saturated rings.